The van der Waals surface area contributed by atoms with Gasteiger partial charge in [-0.05, 0) is 56.9 Å². The van der Waals surface area contributed by atoms with Crippen molar-refractivity contribution in [3.05, 3.63) is 46.1 Å². The number of ether oxygens (including phenoxy) is 3. The van der Waals surface area contributed by atoms with Crippen LogP contribution in [-0.2, 0) is 0 Å². The SMILES string of the molecule is COc1cc(Nc2c(C#N)cnc3cc(OCCCN4CCC5(CC4)CN(C)C5)c(OC)cc23)c(Cl)cc1Cl. The summed E-state index contributed by atoms with van der Waals surface area (Å²) < 4.78 is 17.2. The summed E-state index contributed by atoms with van der Waals surface area (Å²) in [5.41, 5.74) is 2.70. The van der Waals surface area contributed by atoms with Crippen molar-refractivity contribution in [2.75, 3.05) is 65.9 Å². The first-order valence-corrected chi connectivity index (χ1v) is 13.8. The topological polar surface area (TPSA) is 82.9 Å². The molecular weight excluding hydrogens is 537 g/mol. The van der Waals surface area contributed by atoms with Crippen LogP contribution in [0.2, 0.25) is 10.0 Å². The minimum Gasteiger partial charge on any atom is -0.495 e. The number of aromatic nitrogens is 1. The Labute approximate surface area is 239 Å². The van der Waals surface area contributed by atoms with E-state index in [0.29, 0.717) is 67.2 Å². The van der Waals surface area contributed by atoms with Gasteiger partial charge in [0.2, 0.25) is 0 Å². The number of halogens is 2. The van der Waals surface area contributed by atoms with Crippen LogP contribution < -0.4 is 19.5 Å². The van der Waals surface area contributed by atoms with Crippen molar-refractivity contribution < 1.29 is 14.2 Å². The Bertz CT molecular complexity index is 1390. The number of likely N-dealkylation sites (tertiary alicyclic amines) is 2. The molecule has 0 atom stereocenters. The second kappa shape index (κ2) is 11.6. The van der Waals surface area contributed by atoms with Gasteiger partial charge in [-0.15, -0.1) is 0 Å². The Balaban J connectivity index is 1.29. The fourth-order valence-corrected chi connectivity index (χ4v) is 6.25. The van der Waals surface area contributed by atoms with Gasteiger partial charge in [0.05, 0.1) is 53.3 Å². The summed E-state index contributed by atoms with van der Waals surface area (Å²) in [5.74, 6) is 1.65. The number of nitrogens with one attached hydrogen (secondary N) is 1. The smallest absolute Gasteiger partial charge is 0.163 e. The van der Waals surface area contributed by atoms with E-state index < -0.39 is 0 Å². The van der Waals surface area contributed by atoms with Crippen LogP contribution in [0.5, 0.6) is 17.2 Å². The number of pyridine rings is 1. The number of nitriles is 1. The maximum absolute atomic E-state index is 9.79. The van der Waals surface area contributed by atoms with Crippen molar-refractivity contribution in [2.45, 2.75) is 19.3 Å². The Morgan fingerprint density at radius 2 is 1.77 bits per heavy atom. The average molecular weight is 571 g/mol. The third kappa shape index (κ3) is 5.82. The van der Waals surface area contributed by atoms with Crippen molar-refractivity contribution >= 4 is 45.5 Å². The summed E-state index contributed by atoms with van der Waals surface area (Å²) in [5, 5.41) is 14.6. The van der Waals surface area contributed by atoms with E-state index in [1.165, 1.54) is 39.2 Å². The third-order valence-corrected chi connectivity index (χ3v) is 8.39. The molecule has 2 aliphatic rings. The maximum atomic E-state index is 9.79. The zero-order chi connectivity index (χ0) is 27.6. The van der Waals surface area contributed by atoms with E-state index in [4.69, 9.17) is 37.4 Å². The molecule has 0 aliphatic carbocycles. The van der Waals surface area contributed by atoms with Crippen molar-refractivity contribution in [3.8, 4) is 23.3 Å². The highest BCUT2D eigenvalue weighted by atomic mass is 35.5. The van der Waals surface area contributed by atoms with E-state index in [2.05, 4.69) is 33.2 Å². The monoisotopic (exact) mass is 569 g/mol. The molecule has 2 saturated heterocycles. The van der Waals surface area contributed by atoms with Crippen LogP contribution in [0.25, 0.3) is 10.9 Å². The largest absolute Gasteiger partial charge is 0.495 e. The first-order valence-electron chi connectivity index (χ1n) is 13.1. The van der Waals surface area contributed by atoms with Gasteiger partial charge in [0.1, 0.15) is 11.8 Å². The molecule has 2 fully saturated rings. The first kappa shape index (κ1) is 27.6. The lowest BCUT2D eigenvalue weighted by Gasteiger charge is -2.53. The van der Waals surface area contributed by atoms with Gasteiger partial charge in [-0.3, -0.25) is 4.98 Å². The number of hydrogen-bond donors (Lipinski definition) is 1. The van der Waals surface area contributed by atoms with Gasteiger partial charge in [0.25, 0.3) is 0 Å². The number of methoxy groups -OCH3 is 2. The third-order valence-electron chi connectivity index (χ3n) is 7.78. The van der Waals surface area contributed by atoms with Crippen LogP contribution in [-0.4, -0.2) is 75.4 Å². The van der Waals surface area contributed by atoms with Crippen LogP contribution in [0.15, 0.2) is 30.5 Å². The Hall–Kier alpha value is -2.96. The molecule has 10 heteroatoms. The number of benzene rings is 2. The average Bonchev–Trinajstić information content (AvgIpc) is 2.92. The molecule has 0 radical (unpaired) electrons. The molecule has 2 aromatic carbocycles. The fourth-order valence-electron chi connectivity index (χ4n) is 5.74. The Kier molecular flexibility index (Phi) is 8.24. The summed E-state index contributed by atoms with van der Waals surface area (Å²) in [6.45, 7) is 6.41. The highest BCUT2D eigenvalue weighted by Gasteiger charge is 2.42. The number of piperidine rings is 1. The summed E-state index contributed by atoms with van der Waals surface area (Å²) in [4.78, 5) is 9.47. The summed E-state index contributed by atoms with van der Waals surface area (Å²) in [6.07, 6.45) is 5.04. The number of fused-ring (bicyclic) bond motifs is 1. The maximum Gasteiger partial charge on any atom is 0.163 e. The first-order chi connectivity index (χ1) is 18.8. The fraction of sp³-hybridized carbons (Fsp3) is 0.448. The van der Waals surface area contributed by atoms with Crippen LogP contribution >= 0.6 is 23.2 Å². The molecule has 0 saturated carbocycles. The second-order valence-corrected chi connectivity index (χ2v) is 11.3. The van der Waals surface area contributed by atoms with Crippen LogP contribution in [0, 0.1) is 16.7 Å². The van der Waals surface area contributed by atoms with E-state index in [1.807, 2.05) is 12.1 Å². The van der Waals surface area contributed by atoms with E-state index in [-0.39, 0.29) is 0 Å². The molecule has 1 aromatic heterocycles. The van der Waals surface area contributed by atoms with Crippen molar-refractivity contribution in [3.63, 3.8) is 0 Å². The molecule has 0 unspecified atom stereocenters. The lowest BCUT2D eigenvalue weighted by molar-refractivity contribution is -0.0318. The molecule has 1 N–H and O–H groups in total. The lowest BCUT2D eigenvalue weighted by Crippen LogP contribution is -2.58. The highest BCUT2D eigenvalue weighted by Crippen LogP contribution is 2.41. The molecule has 0 amide bonds. The minimum absolute atomic E-state index is 0.361. The molecular formula is C29H33Cl2N5O3. The Morgan fingerprint density at radius 1 is 1.03 bits per heavy atom. The van der Waals surface area contributed by atoms with E-state index in [1.54, 1.807) is 19.2 Å². The number of rotatable bonds is 9. The van der Waals surface area contributed by atoms with Gasteiger partial charge in [-0.1, -0.05) is 23.2 Å². The summed E-state index contributed by atoms with van der Waals surface area (Å²) in [7, 11) is 5.34. The molecule has 2 aliphatic heterocycles. The standard InChI is InChI=1S/C29H33Cl2N5O3/c1-35-17-29(18-35)5-8-36(9-6-29)7-4-10-39-27-13-23-20(11-26(27)38-3)28(19(15-32)16-33-23)34-24-14-25(37-2)22(31)12-21(24)30/h11-14,16H,4-10,17-18H2,1-3H3,(H,33,34). The summed E-state index contributed by atoms with van der Waals surface area (Å²) in [6, 6.07) is 9.18. The predicted octanol–water partition coefficient (Wildman–Crippen LogP) is 5.97. The second-order valence-electron chi connectivity index (χ2n) is 10.5. The number of hydrogen-bond acceptors (Lipinski definition) is 8. The van der Waals surface area contributed by atoms with Gasteiger partial charge in [-0.25, -0.2) is 0 Å². The summed E-state index contributed by atoms with van der Waals surface area (Å²) >= 11 is 12.6. The lowest BCUT2D eigenvalue weighted by atomic mass is 9.72. The molecule has 3 aromatic rings. The molecule has 206 valence electrons. The van der Waals surface area contributed by atoms with Crippen molar-refractivity contribution in [1.82, 2.24) is 14.8 Å². The van der Waals surface area contributed by atoms with E-state index >= 15 is 0 Å². The van der Waals surface area contributed by atoms with Crippen molar-refractivity contribution in [2.24, 2.45) is 5.41 Å². The predicted molar refractivity (Wildman–Crippen MR) is 155 cm³/mol. The normalized spacial score (nSPS) is 17.0. The van der Waals surface area contributed by atoms with E-state index in [9.17, 15) is 5.26 Å². The van der Waals surface area contributed by atoms with Crippen molar-refractivity contribution in [1.29, 1.82) is 5.26 Å². The van der Waals surface area contributed by atoms with Gasteiger partial charge in [-0.2, -0.15) is 5.26 Å². The van der Waals surface area contributed by atoms with Crippen LogP contribution in [0.1, 0.15) is 24.8 Å². The van der Waals surface area contributed by atoms with Gasteiger partial charge in [0.15, 0.2) is 11.5 Å². The molecule has 8 nitrogen and oxygen atoms in total. The molecule has 5 rings (SSSR count). The molecule has 39 heavy (non-hydrogen) atoms. The Morgan fingerprint density at radius 3 is 2.44 bits per heavy atom. The van der Waals surface area contributed by atoms with Crippen LogP contribution in [0.4, 0.5) is 11.4 Å². The van der Waals surface area contributed by atoms with Crippen LogP contribution in [0.3, 0.4) is 0 Å². The zero-order valence-corrected chi connectivity index (χ0v) is 24.0. The van der Waals surface area contributed by atoms with Gasteiger partial charge in [0, 0.05) is 43.4 Å². The molecule has 0 bridgehead atoms. The molecule has 3 heterocycles. The number of anilines is 2. The van der Waals surface area contributed by atoms with Gasteiger partial charge >= 0.3 is 0 Å². The quantitative estimate of drug-likeness (QED) is 0.315. The molecule has 1 spiro atoms. The number of nitrogens with zero attached hydrogens (tertiary/aromatic N) is 4. The van der Waals surface area contributed by atoms with E-state index in [0.717, 1.165) is 26.1 Å². The zero-order valence-electron chi connectivity index (χ0n) is 22.5. The minimum atomic E-state index is 0.361. The van der Waals surface area contributed by atoms with Gasteiger partial charge < -0.3 is 29.3 Å². The highest BCUT2D eigenvalue weighted by molar-refractivity contribution is 6.37.